The molecule has 0 atom stereocenters. The van der Waals surface area contributed by atoms with Crippen LogP contribution in [0.5, 0.6) is 5.75 Å². The Morgan fingerprint density at radius 1 is 0.489 bits per heavy atom. The molecule has 0 aliphatic rings. The highest BCUT2D eigenvalue weighted by Crippen LogP contribution is 2.43. The summed E-state index contributed by atoms with van der Waals surface area (Å²) in [5.74, 6) is 0.828. The lowest BCUT2D eigenvalue weighted by Crippen LogP contribution is -2.10. The summed E-state index contributed by atoms with van der Waals surface area (Å²) in [5.41, 5.74) is 6.46. The Balaban J connectivity index is 1.23. The van der Waals surface area contributed by atoms with Crippen LogP contribution in [0.15, 0.2) is 157 Å². The Bertz CT molecular complexity index is 2400. The van der Waals surface area contributed by atoms with Gasteiger partial charge in [0.25, 0.3) is 0 Å². The van der Waals surface area contributed by atoms with Crippen molar-refractivity contribution in [2.75, 3.05) is 0 Å². The summed E-state index contributed by atoms with van der Waals surface area (Å²) < 4.78 is 31.9. The van der Waals surface area contributed by atoms with Gasteiger partial charge in [0.05, 0.1) is 11.0 Å². The summed E-state index contributed by atoms with van der Waals surface area (Å²) >= 11 is 0. The maximum Gasteiger partial charge on any atom is 0.341 e. The van der Waals surface area contributed by atoms with E-state index >= 15 is 0 Å². The number of fused-ring (bicyclic) bond motifs is 3. The highest BCUT2D eigenvalue weighted by Gasteiger charge is 2.22. The van der Waals surface area contributed by atoms with Crippen LogP contribution < -0.4 is 4.18 Å². The molecule has 1 N–H and O–H groups in total. The molecule has 8 aromatic rings. The predicted octanol–water partition coefficient (Wildman–Crippen LogP) is 9.64. The van der Waals surface area contributed by atoms with Gasteiger partial charge in [-0.25, -0.2) is 4.98 Å². The van der Waals surface area contributed by atoms with Gasteiger partial charge >= 0.3 is 10.1 Å². The van der Waals surface area contributed by atoms with Crippen molar-refractivity contribution < 1.29 is 12.6 Å². The first-order chi connectivity index (χ1) is 22.1. The lowest BCUT2D eigenvalue weighted by atomic mass is 9.86. The molecule has 216 valence electrons. The van der Waals surface area contributed by atoms with Gasteiger partial charge in [-0.3, -0.25) is 0 Å². The molecule has 1 aromatic heterocycles. The summed E-state index contributed by atoms with van der Waals surface area (Å²) in [7, 11) is -4.09. The molecule has 0 aliphatic carbocycles. The molecule has 8 rings (SSSR count). The van der Waals surface area contributed by atoms with Gasteiger partial charge in [0.15, 0.2) is 0 Å². The highest BCUT2D eigenvalue weighted by atomic mass is 32.2. The second kappa shape index (κ2) is 10.8. The fourth-order valence-corrected chi connectivity index (χ4v) is 7.25. The van der Waals surface area contributed by atoms with Crippen molar-refractivity contribution >= 4 is 42.7 Å². The fourth-order valence-electron chi connectivity index (χ4n) is 6.15. The van der Waals surface area contributed by atoms with E-state index in [1.54, 1.807) is 42.5 Å². The van der Waals surface area contributed by atoms with E-state index in [2.05, 4.69) is 89.9 Å². The van der Waals surface area contributed by atoms with Gasteiger partial charge in [-0.2, -0.15) is 8.42 Å². The van der Waals surface area contributed by atoms with Crippen LogP contribution in [0, 0.1) is 0 Å². The summed E-state index contributed by atoms with van der Waals surface area (Å²) in [4.78, 5) is 8.02. The molecule has 6 heteroatoms. The summed E-state index contributed by atoms with van der Waals surface area (Å²) in [6, 6.07) is 49.4. The van der Waals surface area contributed by atoms with Gasteiger partial charge < -0.3 is 9.17 Å². The first-order valence-electron chi connectivity index (χ1n) is 14.6. The van der Waals surface area contributed by atoms with Gasteiger partial charge in [-0.15, -0.1) is 0 Å². The monoisotopic (exact) mass is 602 g/mol. The van der Waals surface area contributed by atoms with Crippen LogP contribution >= 0.6 is 0 Å². The Morgan fingerprint density at radius 3 is 1.56 bits per heavy atom. The van der Waals surface area contributed by atoms with Crippen molar-refractivity contribution in [1.29, 1.82) is 0 Å². The third-order valence-electron chi connectivity index (χ3n) is 8.14. The number of hydrogen-bond donors (Lipinski definition) is 1. The molecule has 0 saturated heterocycles. The second-order valence-electron chi connectivity index (χ2n) is 10.9. The number of hydrogen-bond acceptors (Lipinski definition) is 4. The molecule has 0 spiro atoms. The molecule has 0 amide bonds. The van der Waals surface area contributed by atoms with E-state index in [0.29, 0.717) is 16.9 Å². The number of rotatable bonds is 6. The Kier molecular flexibility index (Phi) is 6.43. The number of nitrogens with zero attached hydrogens (tertiary/aromatic N) is 1. The van der Waals surface area contributed by atoms with Crippen LogP contribution in [0.3, 0.4) is 0 Å². The highest BCUT2D eigenvalue weighted by molar-refractivity contribution is 7.87. The normalized spacial score (nSPS) is 11.7. The topological polar surface area (TPSA) is 72.1 Å². The van der Waals surface area contributed by atoms with Crippen molar-refractivity contribution in [2.45, 2.75) is 4.90 Å². The predicted molar refractivity (Wildman–Crippen MR) is 182 cm³/mol. The van der Waals surface area contributed by atoms with E-state index in [1.165, 1.54) is 44.3 Å². The van der Waals surface area contributed by atoms with E-state index < -0.39 is 10.1 Å². The molecular weight excluding hydrogens is 577 g/mol. The number of aromatic amines is 1. The SMILES string of the molecule is O=S(=O)(Oc1ccccc1)c1cccc2nc(-c3ccc(-c4c5ccccc5c(-c5ccccc5)c5ccccc45)cc3)[nH]c12. The molecule has 1 heterocycles. The van der Waals surface area contributed by atoms with Crippen LogP contribution in [0.1, 0.15) is 0 Å². The summed E-state index contributed by atoms with van der Waals surface area (Å²) in [5, 5.41) is 4.76. The largest absolute Gasteiger partial charge is 0.379 e. The van der Waals surface area contributed by atoms with Crippen LogP contribution in [-0.2, 0) is 10.1 Å². The summed E-state index contributed by atoms with van der Waals surface area (Å²) in [6.45, 7) is 0. The molecule has 7 aromatic carbocycles. The minimum Gasteiger partial charge on any atom is -0.379 e. The zero-order valence-corrected chi connectivity index (χ0v) is 24.8. The van der Waals surface area contributed by atoms with Crippen molar-refractivity contribution in [2.24, 2.45) is 0 Å². The molecule has 0 fully saturated rings. The van der Waals surface area contributed by atoms with E-state index in [1.807, 2.05) is 18.2 Å². The standard InChI is InChI=1S/C39H26N2O3S/c42-45(43,44-29-14-5-2-6-15-29)35-21-11-20-34-38(35)41-39(40-34)28-24-22-27(23-25-28)37-32-18-9-7-16-30(32)36(26-12-3-1-4-13-26)31-17-8-10-19-33(31)37/h1-25H,(H,40,41). The third kappa shape index (κ3) is 4.72. The third-order valence-corrected chi connectivity index (χ3v) is 9.43. The Labute approximate surface area is 260 Å². The Morgan fingerprint density at radius 2 is 0.978 bits per heavy atom. The smallest absolute Gasteiger partial charge is 0.341 e. The van der Waals surface area contributed by atoms with Gasteiger partial charge in [-0.05, 0) is 68.1 Å². The fraction of sp³-hybridized carbons (Fsp3) is 0. The average molecular weight is 603 g/mol. The first-order valence-corrected chi connectivity index (χ1v) is 16.1. The molecule has 0 bridgehead atoms. The van der Waals surface area contributed by atoms with Crippen LogP contribution in [0.25, 0.3) is 66.2 Å². The number of aromatic nitrogens is 2. The summed E-state index contributed by atoms with van der Waals surface area (Å²) in [6.07, 6.45) is 0. The molecular formula is C39H26N2O3S. The lowest BCUT2D eigenvalue weighted by Gasteiger charge is -2.17. The number of para-hydroxylation sites is 2. The maximum absolute atomic E-state index is 13.2. The molecule has 0 saturated carbocycles. The van der Waals surface area contributed by atoms with Gasteiger partial charge in [0.2, 0.25) is 0 Å². The average Bonchev–Trinajstić information content (AvgIpc) is 3.52. The van der Waals surface area contributed by atoms with Gasteiger partial charge in [-0.1, -0.05) is 127 Å². The number of benzene rings is 7. The van der Waals surface area contributed by atoms with E-state index in [9.17, 15) is 8.42 Å². The van der Waals surface area contributed by atoms with Crippen LogP contribution in [-0.4, -0.2) is 18.4 Å². The van der Waals surface area contributed by atoms with E-state index in [0.717, 1.165) is 11.1 Å². The first kappa shape index (κ1) is 26.9. The van der Waals surface area contributed by atoms with E-state index in [4.69, 9.17) is 9.17 Å². The lowest BCUT2D eigenvalue weighted by molar-refractivity contribution is 0.487. The van der Waals surface area contributed by atoms with Crippen molar-refractivity contribution in [1.82, 2.24) is 9.97 Å². The quantitative estimate of drug-likeness (QED) is 0.152. The van der Waals surface area contributed by atoms with Crippen LogP contribution in [0.4, 0.5) is 0 Å². The van der Waals surface area contributed by atoms with Crippen molar-refractivity contribution in [3.05, 3.63) is 152 Å². The van der Waals surface area contributed by atoms with Crippen LogP contribution in [0.2, 0.25) is 0 Å². The number of nitrogens with one attached hydrogen (secondary N) is 1. The molecule has 0 aliphatic heterocycles. The van der Waals surface area contributed by atoms with Gasteiger partial charge in [0, 0.05) is 5.56 Å². The van der Waals surface area contributed by atoms with Gasteiger partial charge in [0.1, 0.15) is 16.5 Å². The molecule has 5 nitrogen and oxygen atoms in total. The zero-order valence-electron chi connectivity index (χ0n) is 24.0. The Hall–Kier alpha value is -5.72. The minimum absolute atomic E-state index is 0.0377. The van der Waals surface area contributed by atoms with E-state index in [-0.39, 0.29) is 10.6 Å². The molecule has 0 radical (unpaired) electrons. The maximum atomic E-state index is 13.2. The second-order valence-corrected chi connectivity index (χ2v) is 12.4. The van der Waals surface area contributed by atoms with Crippen molar-refractivity contribution in [3.63, 3.8) is 0 Å². The number of imidazole rings is 1. The number of H-pyrrole nitrogens is 1. The molecule has 0 unspecified atom stereocenters. The zero-order chi connectivity index (χ0) is 30.4. The molecule has 45 heavy (non-hydrogen) atoms. The van der Waals surface area contributed by atoms with Crippen molar-refractivity contribution in [3.8, 4) is 39.4 Å². The minimum atomic E-state index is -4.09.